The van der Waals surface area contributed by atoms with Gasteiger partial charge in [0.25, 0.3) is 5.91 Å². The first-order valence-electron chi connectivity index (χ1n) is 6.13. The van der Waals surface area contributed by atoms with Crippen molar-refractivity contribution in [1.82, 2.24) is 10.3 Å². The predicted octanol–water partition coefficient (Wildman–Crippen LogP) is 1.71. The van der Waals surface area contributed by atoms with Crippen molar-refractivity contribution in [2.24, 2.45) is 5.41 Å². The number of carbonyl (C=O) groups is 1. The number of nitrogens with zero attached hydrogens (tertiary/aromatic N) is 1. The van der Waals surface area contributed by atoms with Crippen LogP contribution in [0.3, 0.4) is 0 Å². The second-order valence-electron chi connectivity index (χ2n) is 4.33. The summed E-state index contributed by atoms with van der Waals surface area (Å²) in [7, 11) is 1.77. The lowest BCUT2D eigenvalue weighted by molar-refractivity contribution is 0.0854. The number of thiazole rings is 1. The monoisotopic (exact) mass is 271 g/mol. The smallest absolute Gasteiger partial charge is 0.263 e. The zero-order chi connectivity index (χ0) is 13.6. The molecular formula is C12H21N3O2S. The minimum Gasteiger partial charge on any atom is -0.396 e. The van der Waals surface area contributed by atoms with Crippen LogP contribution in [0.25, 0.3) is 0 Å². The van der Waals surface area contributed by atoms with E-state index < -0.39 is 0 Å². The highest BCUT2D eigenvalue weighted by Gasteiger charge is 2.26. The summed E-state index contributed by atoms with van der Waals surface area (Å²) in [4.78, 5) is 16.6. The quantitative estimate of drug-likeness (QED) is 0.706. The first-order valence-corrected chi connectivity index (χ1v) is 6.95. The van der Waals surface area contributed by atoms with Gasteiger partial charge in [0.1, 0.15) is 4.88 Å². The van der Waals surface area contributed by atoms with Crippen LogP contribution in [0.4, 0.5) is 5.13 Å². The fourth-order valence-corrected chi connectivity index (χ4v) is 2.32. The molecule has 0 spiro atoms. The highest BCUT2D eigenvalue weighted by molar-refractivity contribution is 7.17. The number of carbonyl (C=O) groups excluding carboxylic acids is 1. The second kappa shape index (κ2) is 6.70. The molecule has 0 saturated carbocycles. The molecule has 1 aromatic rings. The third-order valence-electron chi connectivity index (χ3n) is 3.40. The van der Waals surface area contributed by atoms with E-state index in [1.807, 2.05) is 13.8 Å². The Hall–Kier alpha value is -1.14. The Bertz CT molecular complexity index is 380. The number of aliphatic hydroxyl groups is 1. The van der Waals surface area contributed by atoms with Crippen LogP contribution in [-0.2, 0) is 0 Å². The summed E-state index contributed by atoms with van der Waals surface area (Å²) in [6.45, 7) is 4.63. The van der Waals surface area contributed by atoms with Gasteiger partial charge in [-0.05, 0) is 12.8 Å². The Labute approximate surface area is 112 Å². The van der Waals surface area contributed by atoms with Crippen molar-refractivity contribution in [3.63, 3.8) is 0 Å². The SMILES string of the molecule is CCC(CC)(CO)CNC(=O)c1cnc(NC)s1. The molecule has 0 aliphatic rings. The van der Waals surface area contributed by atoms with E-state index in [-0.39, 0.29) is 17.9 Å². The van der Waals surface area contributed by atoms with E-state index in [1.165, 1.54) is 11.3 Å². The van der Waals surface area contributed by atoms with Crippen LogP contribution in [0.15, 0.2) is 6.20 Å². The summed E-state index contributed by atoms with van der Waals surface area (Å²) in [5.74, 6) is -0.131. The molecule has 0 saturated heterocycles. The van der Waals surface area contributed by atoms with Crippen molar-refractivity contribution >= 4 is 22.4 Å². The number of amides is 1. The van der Waals surface area contributed by atoms with E-state index in [4.69, 9.17) is 0 Å². The predicted molar refractivity (Wildman–Crippen MR) is 74.1 cm³/mol. The molecular weight excluding hydrogens is 250 g/mol. The lowest BCUT2D eigenvalue weighted by Gasteiger charge is -2.29. The number of aliphatic hydroxyl groups excluding tert-OH is 1. The van der Waals surface area contributed by atoms with Gasteiger partial charge in [0.2, 0.25) is 0 Å². The fraction of sp³-hybridized carbons (Fsp3) is 0.667. The Morgan fingerprint density at radius 3 is 2.61 bits per heavy atom. The molecule has 1 heterocycles. The van der Waals surface area contributed by atoms with Crippen LogP contribution in [0, 0.1) is 5.41 Å². The second-order valence-corrected chi connectivity index (χ2v) is 5.36. The molecule has 0 aliphatic heterocycles. The van der Waals surface area contributed by atoms with Gasteiger partial charge in [0.05, 0.1) is 12.8 Å². The van der Waals surface area contributed by atoms with Crippen LogP contribution in [0.1, 0.15) is 36.4 Å². The Kier molecular flexibility index (Phi) is 5.55. The van der Waals surface area contributed by atoms with Gasteiger partial charge in [0, 0.05) is 19.0 Å². The van der Waals surface area contributed by atoms with E-state index in [2.05, 4.69) is 15.6 Å². The molecule has 5 nitrogen and oxygen atoms in total. The summed E-state index contributed by atoms with van der Waals surface area (Å²) in [6, 6.07) is 0. The highest BCUT2D eigenvalue weighted by Crippen LogP contribution is 2.25. The molecule has 1 aromatic heterocycles. The molecule has 0 aromatic carbocycles. The van der Waals surface area contributed by atoms with E-state index in [1.54, 1.807) is 13.2 Å². The molecule has 0 bridgehead atoms. The van der Waals surface area contributed by atoms with Crippen molar-refractivity contribution in [2.45, 2.75) is 26.7 Å². The molecule has 0 atom stereocenters. The van der Waals surface area contributed by atoms with Crippen LogP contribution >= 0.6 is 11.3 Å². The van der Waals surface area contributed by atoms with Gasteiger partial charge in [-0.25, -0.2) is 4.98 Å². The Balaban J connectivity index is 2.59. The lowest BCUT2D eigenvalue weighted by Crippen LogP contribution is -2.39. The Morgan fingerprint density at radius 1 is 1.50 bits per heavy atom. The average molecular weight is 271 g/mol. The number of hydrogen-bond donors (Lipinski definition) is 3. The first-order chi connectivity index (χ1) is 8.60. The molecule has 3 N–H and O–H groups in total. The third-order valence-corrected chi connectivity index (χ3v) is 4.42. The molecule has 0 unspecified atom stereocenters. The van der Waals surface area contributed by atoms with Gasteiger partial charge in [-0.3, -0.25) is 4.79 Å². The molecule has 0 aliphatic carbocycles. The minimum absolute atomic E-state index is 0.0880. The van der Waals surface area contributed by atoms with Gasteiger partial charge >= 0.3 is 0 Å². The average Bonchev–Trinajstić information content (AvgIpc) is 2.89. The van der Waals surface area contributed by atoms with Crippen molar-refractivity contribution in [3.05, 3.63) is 11.1 Å². The number of rotatable bonds is 7. The number of aromatic nitrogens is 1. The molecule has 1 amide bonds. The first kappa shape index (κ1) is 14.9. The van der Waals surface area contributed by atoms with Crippen LogP contribution in [-0.4, -0.2) is 36.2 Å². The topological polar surface area (TPSA) is 74.2 Å². The van der Waals surface area contributed by atoms with E-state index in [0.29, 0.717) is 11.4 Å². The summed E-state index contributed by atoms with van der Waals surface area (Å²) >= 11 is 1.32. The van der Waals surface area contributed by atoms with Gasteiger partial charge in [-0.2, -0.15) is 0 Å². The lowest BCUT2D eigenvalue weighted by atomic mass is 9.83. The van der Waals surface area contributed by atoms with Crippen LogP contribution in [0.5, 0.6) is 0 Å². The third kappa shape index (κ3) is 3.43. The maximum absolute atomic E-state index is 11.9. The van der Waals surface area contributed by atoms with E-state index >= 15 is 0 Å². The van der Waals surface area contributed by atoms with Crippen LogP contribution in [0.2, 0.25) is 0 Å². The normalized spacial score (nSPS) is 11.3. The molecule has 0 fully saturated rings. The molecule has 6 heteroatoms. The van der Waals surface area contributed by atoms with Crippen LogP contribution < -0.4 is 10.6 Å². The summed E-state index contributed by atoms with van der Waals surface area (Å²) in [5.41, 5.74) is -0.216. The summed E-state index contributed by atoms with van der Waals surface area (Å²) < 4.78 is 0. The van der Waals surface area contributed by atoms with Gasteiger partial charge in [-0.15, -0.1) is 0 Å². The summed E-state index contributed by atoms with van der Waals surface area (Å²) in [6.07, 6.45) is 3.24. The van der Waals surface area contributed by atoms with Crippen molar-refractivity contribution in [3.8, 4) is 0 Å². The zero-order valence-electron chi connectivity index (χ0n) is 11.1. The number of hydrogen-bond acceptors (Lipinski definition) is 5. The standard InChI is InChI=1S/C12H21N3O2S/c1-4-12(5-2,8-16)7-15-10(17)9-6-14-11(13-3)18-9/h6,16H,4-5,7-8H2,1-3H3,(H,13,14)(H,15,17). The summed E-state index contributed by atoms with van der Waals surface area (Å²) in [5, 5.41) is 15.9. The zero-order valence-corrected chi connectivity index (χ0v) is 11.9. The molecule has 0 radical (unpaired) electrons. The number of anilines is 1. The Morgan fingerprint density at radius 2 is 2.17 bits per heavy atom. The molecule has 18 heavy (non-hydrogen) atoms. The minimum atomic E-state index is -0.216. The number of nitrogens with one attached hydrogen (secondary N) is 2. The van der Waals surface area contributed by atoms with Crippen molar-refractivity contribution in [1.29, 1.82) is 0 Å². The molecule has 1 rings (SSSR count). The van der Waals surface area contributed by atoms with Gasteiger partial charge in [-0.1, -0.05) is 25.2 Å². The van der Waals surface area contributed by atoms with Gasteiger partial charge in [0.15, 0.2) is 5.13 Å². The largest absolute Gasteiger partial charge is 0.396 e. The van der Waals surface area contributed by atoms with Gasteiger partial charge < -0.3 is 15.7 Å². The maximum Gasteiger partial charge on any atom is 0.263 e. The van der Waals surface area contributed by atoms with Crippen molar-refractivity contribution < 1.29 is 9.90 Å². The maximum atomic E-state index is 11.9. The van der Waals surface area contributed by atoms with E-state index in [9.17, 15) is 9.90 Å². The highest BCUT2D eigenvalue weighted by atomic mass is 32.1. The molecule has 102 valence electrons. The van der Waals surface area contributed by atoms with E-state index in [0.717, 1.165) is 18.0 Å². The van der Waals surface area contributed by atoms with Crippen molar-refractivity contribution in [2.75, 3.05) is 25.5 Å². The fourth-order valence-electron chi connectivity index (χ4n) is 1.63.